The number of carbonyl (C=O) groups is 1. The van der Waals surface area contributed by atoms with E-state index in [2.05, 4.69) is 10.1 Å². The number of aromatic nitrogens is 1. The second kappa shape index (κ2) is 4.84. The van der Waals surface area contributed by atoms with E-state index in [1.165, 1.54) is 6.92 Å². The van der Waals surface area contributed by atoms with E-state index >= 15 is 0 Å². The number of hydrogen-bond acceptors (Lipinski definition) is 4. The minimum atomic E-state index is -1.29. The number of rotatable bonds is 3. The van der Waals surface area contributed by atoms with Gasteiger partial charge in [-0.3, -0.25) is 5.43 Å². The molecule has 0 saturated carbocycles. The Bertz CT molecular complexity index is 465. The molecule has 2 N–H and O–H groups in total. The van der Waals surface area contributed by atoms with E-state index in [4.69, 9.17) is 16.7 Å². The Kier molecular flexibility index (Phi) is 3.73. The van der Waals surface area contributed by atoms with Gasteiger partial charge in [-0.25, -0.2) is 9.18 Å². The van der Waals surface area contributed by atoms with Crippen molar-refractivity contribution in [1.29, 1.82) is 0 Å². The van der Waals surface area contributed by atoms with Gasteiger partial charge in [0.15, 0.2) is 11.6 Å². The molecular formula is C8H6ClF2N3O2. The van der Waals surface area contributed by atoms with Crippen molar-refractivity contribution < 1.29 is 18.7 Å². The summed E-state index contributed by atoms with van der Waals surface area (Å²) in [7, 11) is 0. The average Bonchev–Trinajstić information content (AvgIpc) is 2.20. The Balaban J connectivity index is 2.94. The molecule has 1 rings (SSSR count). The maximum Gasteiger partial charge on any atom is 0.351 e. The molecule has 0 aliphatic rings. The van der Waals surface area contributed by atoms with Crippen LogP contribution in [0.2, 0.25) is 5.02 Å². The van der Waals surface area contributed by atoms with Gasteiger partial charge in [-0.15, -0.1) is 0 Å². The van der Waals surface area contributed by atoms with Gasteiger partial charge in [0.25, 0.3) is 0 Å². The van der Waals surface area contributed by atoms with Crippen molar-refractivity contribution >= 4 is 29.1 Å². The lowest BCUT2D eigenvalue weighted by Crippen LogP contribution is -2.11. The molecule has 86 valence electrons. The molecule has 0 fully saturated rings. The van der Waals surface area contributed by atoms with Crippen LogP contribution in [0.4, 0.5) is 14.6 Å². The lowest BCUT2D eigenvalue weighted by molar-refractivity contribution is -0.129. The summed E-state index contributed by atoms with van der Waals surface area (Å²) in [5.41, 5.74) is 1.66. The highest BCUT2D eigenvalue weighted by atomic mass is 35.5. The summed E-state index contributed by atoms with van der Waals surface area (Å²) in [6.07, 6.45) is 0. The third-order valence-corrected chi connectivity index (χ3v) is 1.79. The number of hydrogen-bond donors (Lipinski definition) is 2. The number of pyridine rings is 1. The Morgan fingerprint density at radius 1 is 1.62 bits per heavy atom. The zero-order valence-electron chi connectivity index (χ0n) is 7.96. The van der Waals surface area contributed by atoms with Gasteiger partial charge < -0.3 is 5.11 Å². The highest BCUT2D eigenvalue weighted by Crippen LogP contribution is 2.19. The Hall–Kier alpha value is -1.76. The Morgan fingerprint density at radius 3 is 2.81 bits per heavy atom. The molecule has 0 aliphatic carbocycles. The Morgan fingerprint density at radius 2 is 2.25 bits per heavy atom. The smallest absolute Gasteiger partial charge is 0.351 e. The van der Waals surface area contributed by atoms with E-state index < -0.39 is 28.6 Å². The van der Waals surface area contributed by atoms with Gasteiger partial charge in [0.05, 0.1) is 5.02 Å². The topological polar surface area (TPSA) is 74.6 Å². The van der Waals surface area contributed by atoms with Gasteiger partial charge in [0.1, 0.15) is 5.71 Å². The van der Waals surface area contributed by atoms with E-state index in [1.807, 2.05) is 5.43 Å². The van der Waals surface area contributed by atoms with E-state index in [1.54, 1.807) is 0 Å². The van der Waals surface area contributed by atoms with Crippen molar-refractivity contribution in [2.24, 2.45) is 5.10 Å². The molecule has 8 heteroatoms. The molecule has 1 aromatic rings. The quantitative estimate of drug-likeness (QED) is 0.487. The zero-order valence-corrected chi connectivity index (χ0v) is 8.72. The number of hydrazone groups is 1. The molecule has 0 aliphatic heterocycles. The molecule has 1 aromatic heterocycles. The molecule has 16 heavy (non-hydrogen) atoms. The lowest BCUT2D eigenvalue weighted by atomic mass is 10.4. The number of halogens is 3. The van der Waals surface area contributed by atoms with Crippen molar-refractivity contribution in [1.82, 2.24) is 4.98 Å². The van der Waals surface area contributed by atoms with E-state index in [-0.39, 0.29) is 5.71 Å². The molecular weight excluding hydrogens is 244 g/mol. The van der Waals surface area contributed by atoms with Crippen molar-refractivity contribution in [3.05, 3.63) is 22.9 Å². The number of anilines is 1. The first-order valence-electron chi connectivity index (χ1n) is 3.97. The third kappa shape index (κ3) is 2.86. The third-order valence-electron chi connectivity index (χ3n) is 1.53. The SMILES string of the molecule is C/C(=N/Nc1nc(F)c(Cl)cc1F)C(=O)O. The summed E-state index contributed by atoms with van der Waals surface area (Å²) in [6.45, 7) is 1.18. The number of carboxylic acid groups (broad SMARTS) is 1. The summed E-state index contributed by atoms with van der Waals surface area (Å²) >= 11 is 5.26. The van der Waals surface area contributed by atoms with Crippen LogP contribution in [-0.4, -0.2) is 21.8 Å². The first-order valence-corrected chi connectivity index (χ1v) is 4.34. The summed E-state index contributed by atoms with van der Waals surface area (Å²) in [5.74, 6) is -3.84. The van der Waals surface area contributed by atoms with Gasteiger partial charge in [0.2, 0.25) is 5.95 Å². The normalized spacial score (nSPS) is 11.4. The van der Waals surface area contributed by atoms with Crippen molar-refractivity contribution in [2.45, 2.75) is 6.92 Å². The van der Waals surface area contributed by atoms with E-state index in [0.29, 0.717) is 6.07 Å². The molecule has 1 heterocycles. The van der Waals surface area contributed by atoms with Crippen molar-refractivity contribution in [3.8, 4) is 0 Å². The van der Waals surface area contributed by atoms with E-state index in [9.17, 15) is 13.6 Å². The van der Waals surface area contributed by atoms with Crippen LogP contribution in [0.15, 0.2) is 11.2 Å². The summed E-state index contributed by atoms with van der Waals surface area (Å²) < 4.78 is 25.9. The van der Waals surface area contributed by atoms with E-state index in [0.717, 1.165) is 0 Å². The minimum Gasteiger partial charge on any atom is -0.477 e. The number of carboxylic acids is 1. The molecule has 0 bridgehead atoms. The van der Waals surface area contributed by atoms with Crippen LogP contribution in [-0.2, 0) is 4.79 Å². The molecule has 0 amide bonds. The first-order chi connectivity index (χ1) is 7.41. The minimum absolute atomic E-state index is 0.323. The fourth-order valence-corrected chi connectivity index (χ4v) is 0.845. The van der Waals surface area contributed by atoms with Crippen LogP contribution >= 0.6 is 11.6 Å². The van der Waals surface area contributed by atoms with Gasteiger partial charge >= 0.3 is 5.97 Å². The van der Waals surface area contributed by atoms with Crippen LogP contribution in [0.3, 0.4) is 0 Å². The second-order valence-corrected chi connectivity index (χ2v) is 3.11. The fraction of sp³-hybridized carbons (Fsp3) is 0.125. The predicted octanol–water partition coefficient (Wildman–Crippen LogP) is 1.89. The molecule has 0 spiro atoms. The van der Waals surface area contributed by atoms with Gasteiger partial charge in [-0.1, -0.05) is 11.6 Å². The average molecular weight is 250 g/mol. The number of nitrogens with one attached hydrogen (secondary N) is 1. The molecule has 0 saturated heterocycles. The van der Waals surface area contributed by atoms with Crippen molar-refractivity contribution in [3.63, 3.8) is 0 Å². The standard InChI is InChI=1S/C8H6ClF2N3O2/c1-3(8(15)16)13-14-7-5(10)2-4(9)6(11)12-7/h2H,1H3,(H,12,14)(H,15,16)/b13-3-. The van der Waals surface area contributed by atoms with Gasteiger partial charge in [-0.2, -0.15) is 14.5 Å². The number of aliphatic carboxylic acids is 1. The van der Waals surface area contributed by atoms with Gasteiger partial charge in [-0.05, 0) is 6.92 Å². The second-order valence-electron chi connectivity index (χ2n) is 2.71. The Labute approximate surface area is 93.8 Å². The molecule has 0 radical (unpaired) electrons. The molecule has 5 nitrogen and oxygen atoms in total. The summed E-state index contributed by atoms with van der Waals surface area (Å²) in [6, 6.07) is 0.706. The summed E-state index contributed by atoms with van der Waals surface area (Å²) in [5, 5.41) is 11.3. The van der Waals surface area contributed by atoms with Crippen LogP contribution in [0.25, 0.3) is 0 Å². The maximum atomic E-state index is 13.1. The van der Waals surface area contributed by atoms with Crippen LogP contribution in [0.5, 0.6) is 0 Å². The molecule has 0 unspecified atom stereocenters. The predicted molar refractivity (Wildman–Crippen MR) is 53.5 cm³/mol. The van der Waals surface area contributed by atoms with Crippen LogP contribution in [0, 0.1) is 11.8 Å². The maximum absolute atomic E-state index is 13.1. The summed E-state index contributed by atoms with van der Waals surface area (Å²) in [4.78, 5) is 13.5. The van der Waals surface area contributed by atoms with Crippen molar-refractivity contribution in [2.75, 3.05) is 5.43 Å². The van der Waals surface area contributed by atoms with Crippen LogP contribution in [0.1, 0.15) is 6.92 Å². The highest BCUT2D eigenvalue weighted by molar-refractivity contribution is 6.34. The lowest BCUT2D eigenvalue weighted by Gasteiger charge is -2.02. The number of nitrogens with zero attached hydrogens (tertiary/aromatic N) is 2. The fourth-order valence-electron chi connectivity index (χ4n) is 0.707. The zero-order chi connectivity index (χ0) is 12.3. The molecule has 0 atom stereocenters. The van der Waals surface area contributed by atoms with Crippen LogP contribution < -0.4 is 5.43 Å². The largest absolute Gasteiger partial charge is 0.477 e. The monoisotopic (exact) mass is 249 g/mol. The first kappa shape index (κ1) is 12.3. The molecule has 0 aromatic carbocycles. The van der Waals surface area contributed by atoms with Gasteiger partial charge in [0, 0.05) is 6.07 Å². The highest BCUT2D eigenvalue weighted by Gasteiger charge is 2.10.